The molecule has 2 saturated heterocycles. The van der Waals surface area contributed by atoms with Gasteiger partial charge in [0.05, 0.1) is 6.04 Å². The highest BCUT2D eigenvalue weighted by atomic mass is 16.2. The van der Waals surface area contributed by atoms with Gasteiger partial charge in [0.2, 0.25) is 5.91 Å². The highest BCUT2D eigenvalue weighted by Crippen LogP contribution is 2.12. The van der Waals surface area contributed by atoms with Crippen molar-refractivity contribution in [2.24, 2.45) is 0 Å². The molecule has 1 amide bonds. The van der Waals surface area contributed by atoms with Gasteiger partial charge in [-0.3, -0.25) is 14.6 Å². The lowest BCUT2D eigenvalue weighted by Crippen LogP contribution is -2.63. The molecule has 17 heavy (non-hydrogen) atoms. The third-order valence-electron chi connectivity index (χ3n) is 3.97. The normalized spacial score (nSPS) is 25.4. The van der Waals surface area contributed by atoms with Crippen molar-refractivity contribution in [1.82, 2.24) is 20.0 Å². The summed E-state index contributed by atoms with van der Waals surface area (Å²) in [4.78, 5) is 18.4. The van der Waals surface area contributed by atoms with Gasteiger partial charge in [-0.05, 0) is 6.92 Å². The lowest BCUT2D eigenvalue weighted by Gasteiger charge is -2.44. The van der Waals surface area contributed by atoms with Crippen molar-refractivity contribution >= 4 is 5.91 Å². The zero-order valence-corrected chi connectivity index (χ0v) is 11.1. The molecule has 0 aromatic heterocycles. The maximum absolute atomic E-state index is 11.9. The highest BCUT2D eigenvalue weighted by Gasteiger charge is 2.31. The maximum atomic E-state index is 11.9. The zero-order valence-electron chi connectivity index (χ0n) is 11.1. The topological polar surface area (TPSA) is 38.8 Å². The van der Waals surface area contributed by atoms with Gasteiger partial charge in [-0.15, -0.1) is 0 Å². The quantitative estimate of drug-likeness (QED) is 0.690. The molecular weight excluding hydrogens is 216 g/mol. The summed E-state index contributed by atoms with van der Waals surface area (Å²) in [5.41, 5.74) is 0. The minimum absolute atomic E-state index is 0.0201. The maximum Gasteiger partial charge on any atom is 0.239 e. The van der Waals surface area contributed by atoms with E-state index in [0.29, 0.717) is 0 Å². The number of carbonyl (C=O) groups excluding carboxylic acids is 1. The Morgan fingerprint density at radius 2 is 1.82 bits per heavy atom. The largest absolute Gasteiger partial charge is 0.347 e. The van der Waals surface area contributed by atoms with Crippen LogP contribution >= 0.6 is 0 Å². The molecule has 0 aromatic rings. The standard InChI is InChI=1S/C12H24N4O/c1-10(12(17)14(2)3)15-4-6-16(7-5-15)11-8-13-9-11/h10-11,13H,4-9H2,1-3H3. The lowest BCUT2D eigenvalue weighted by atomic mass is 10.1. The molecule has 1 atom stereocenters. The molecule has 5 heteroatoms. The van der Waals surface area contributed by atoms with Gasteiger partial charge >= 0.3 is 0 Å². The Hall–Kier alpha value is -0.650. The number of piperazine rings is 1. The van der Waals surface area contributed by atoms with Gasteiger partial charge in [0.15, 0.2) is 0 Å². The predicted octanol–water partition coefficient (Wildman–Crippen LogP) is -0.947. The Labute approximate surface area is 104 Å². The number of hydrogen-bond donors (Lipinski definition) is 1. The molecule has 2 aliphatic rings. The average Bonchev–Trinajstić information content (AvgIpc) is 2.25. The van der Waals surface area contributed by atoms with Crippen LogP contribution in [0, 0.1) is 0 Å². The van der Waals surface area contributed by atoms with Crippen LogP contribution in [0.5, 0.6) is 0 Å². The van der Waals surface area contributed by atoms with Gasteiger partial charge < -0.3 is 10.2 Å². The van der Waals surface area contributed by atoms with Gasteiger partial charge in [-0.1, -0.05) is 0 Å². The second-order valence-corrected chi connectivity index (χ2v) is 5.29. The monoisotopic (exact) mass is 240 g/mol. The second kappa shape index (κ2) is 5.33. The van der Waals surface area contributed by atoms with E-state index < -0.39 is 0 Å². The van der Waals surface area contributed by atoms with Crippen molar-refractivity contribution in [2.45, 2.75) is 19.0 Å². The van der Waals surface area contributed by atoms with E-state index in [1.54, 1.807) is 4.90 Å². The first-order valence-electron chi connectivity index (χ1n) is 6.49. The summed E-state index contributed by atoms with van der Waals surface area (Å²) >= 11 is 0. The van der Waals surface area contributed by atoms with Crippen molar-refractivity contribution in [3.05, 3.63) is 0 Å². The van der Waals surface area contributed by atoms with Crippen molar-refractivity contribution in [3.63, 3.8) is 0 Å². The molecule has 0 aromatic carbocycles. The first kappa shape index (κ1) is 12.8. The summed E-state index contributed by atoms with van der Waals surface area (Å²) < 4.78 is 0. The molecule has 0 radical (unpaired) electrons. The third kappa shape index (κ3) is 2.78. The van der Waals surface area contributed by atoms with Crippen LogP contribution in [0.25, 0.3) is 0 Å². The van der Waals surface area contributed by atoms with Crippen LogP contribution in [0.15, 0.2) is 0 Å². The molecule has 5 nitrogen and oxygen atoms in total. The van der Waals surface area contributed by atoms with Gasteiger partial charge in [-0.2, -0.15) is 0 Å². The average molecular weight is 240 g/mol. The number of carbonyl (C=O) groups is 1. The summed E-state index contributed by atoms with van der Waals surface area (Å²) in [6.45, 7) is 8.49. The number of likely N-dealkylation sites (N-methyl/N-ethyl adjacent to an activating group) is 1. The summed E-state index contributed by atoms with van der Waals surface area (Å²) in [5.74, 6) is 0.212. The van der Waals surface area contributed by atoms with Gasteiger partial charge in [-0.25, -0.2) is 0 Å². The molecule has 1 unspecified atom stereocenters. The molecule has 0 saturated carbocycles. The number of rotatable bonds is 3. The minimum atomic E-state index is 0.0201. The molecule has 0 bridgehead atoms. The number of nitrogens with zero attached hydrogens (tertiary/aromatic N) is 3. The Bertz CT molecular complexity index is 270. The zero-order chi connectivity index (χ0) is 12.4. The first-order valence-corrected chi connectivity index (χ1v) is 6.49. The van der Waals surface area contributed by atoms with Crippen LogP contribution in [-0.4, -0.2) is 86.1 Å². The molecule has 98 valence electrons. The molecule has 2 aliphatic heterocycles. The lowest BCUT2D eigenvalue weighted by molar-refractivity contribution is -0.134. The van der Waals surface area contributed by atoms with Crippen molar-refractivity contribution in [3.8, 4) is 0 Å². The fourth-order valence-corrected chi connectivity index (χ4v) is 2.55. The molecule has 2 rings (SSSR count). The second-order valence-electron chi connectivity index (χ2n) is 5.29. The van der Waals surface area contributed by atoms with E-state index in [1.165, 1.54) is 0 Å². The molecule has 0 spiro atoms. The van der Waals surface area contributed by atoms with Gasteiger partial charge in [0, 0.05) is 59.4 Å². The summed E-state index contributed by atoms with van der Waals surface area (Å²) in [6, 6.07) is 0.753. The third-order valence-corrected chi connectivity index (χ3v) is 3.97. The number of nitrogens with one attached hydrogen (secondary N) is 1. The van der Waals surface area contributed by atoms with Gasteiger partial charge in [0.25, 0.3) is 0 Å². The predicted molar refractivity (Wildman–Crippen MR) is 68.0 cm³/mol. The van der Waals surface area contributed by atoms with Crippen LogP contribution < -0.4 is 5.32 Å². The fraction of sp³-hybridized carbons (Fsp3) is 0.917. The van der Waals surface area contributed by atoms with Crippen LogP contribution in [-0.2, 0) is 4.79 Å². The van der Waals surface area contributed by atoms with E-state index in [9.17, 15) is 4.79 Å². The fourth-order valence-electron chi connectivity index (χ4n) is 2.55. The van der Waals surface area contributed by atoms with E-state index in [1.807, 2.05) is 21.0 Å². The van der Waals surface area contributed by atoms with E-state index in [2.05, 4.69) is 15.1 Å². The SMILES string of the molecule is CC(C(=O)N(C)C)N1CCN(C2CNC2)CC1. The Morgan fingerprint density at radius 1 is 1.24 bits per heavy atom. The van der Waals surface area contributed by atoms with Crippen LogP contribution in [0.2, 0.25) is 0 Å². The number of amides is 1. The Kier molecular flexibility index (Phi) is 4.01. The van der Waals surface area contributed by atoms with Crippen molar-refractivity contribution in [1.29, 1.82) is 0 Å². The smallest absolute Gasteiger partial charge is 0.239 e. The van der Waals surface area contributed by atoms with Crippen molar-refractivity contribution < 1.29 is 4.79 Å². The molecule has 2 heterocycles. The Balaban J connectivity index is 1.79. The van der Waals surface area contributed by atoms with E-state index in [4.69, 9.17) is 0 Å². The molecule has 1 N–H and O–H groups in total. The highest BCUT2D eigenvalue weighted by molar-refractivity contribution is 5.80. The van der Waals surface area contributed by atoms with Gasteiger partial charge in [0.1, 0.15) is 0 Å². The molecular formula is C12H24N4O. The molecule has 2 fully saturated rings. The van der Waals surface area contributed by atoms with E-state index in [0.717, 1.165) is 45.3 Å². The Morgan fingerprint density at radius 3 is 2.24 bits per heavy atom. The summed E-state index contributed by atoms with van der Waals surface area (Å²) in [6.07, 6.45) is 0. The van der Waals surface area contributed by atoms with E-state index in [-0.39, 0.29) is 11.9 Å². The van der Waals surface area contributed by atoms with Crippen LogP contribution in [0.1, 0.15) is 6.92 Å². The summed E-state index contributed by atoms with van der Waals surface area (Å²) in [7, 11) is 3.66. The molecule has 0 aliphatic carbocycles. The first-order chi connectivity index (χ1) is 8.09. The summed E-state index contributed by atoms with van der Waals surface area (Å²) in [5, 5.41) is 3.31. The van der Waals surface area contributed by atoms with Crippen LogP contribution in [0.4, 0.5) is 0 Å². The minimum Gasteiger partial charge on any atom is -0.347 e. The number of hydrogen-bond acceptors (Lipinski definition) is 4. The van der Waals surface area contributed by atoms with Crippen LogP contribution in [0.3, 0.4) is 0 Å². The van der Waals surface area contributed by atoms with Crippen molar-refractivity contribution in [2.75, 3.05) is 53.4 Å². The van der Waals surface area contributed by atoms with E-state index >= 15 is 0 Å².